The third kappa shape index (κ3) is 1.76. The van der Waals surface area contributed by atoms with E-state index in [9.17, 15) is 0 Å². The summed E-state index contributed by atoms with van der Waals surface area (Å²) >= 11 is 0. The molecule has 17 heavy (non-hydrogen) atoms. The highest BCUT2D eigenvalue weighted by Gasteiger charge is 2.22. The molecule has 88 valence electrons. The maximum absolute atomic E-state index is 8.26. The molecule has 1 aliphatic rings. The summed E-state index contributed by atoms with van der Waals surface area (Å²) in [6, 6.07) is 2.15. The summed E-state index contributed by atoms with van der Waals surface area (Å²) in [5.74, 6) is 0.653. The van der Waals surface area contributed by atoms with Crippen LogP contribution in [0.25, 0.3) is 16.1 Å². The Balaban J connectivity index is 1.85. The molecule has 0 amide bonds. The Morgan fingerprint density at radius 2 is 2.35 bits per heavy atom. The predicted molar refractivity (Wildman–Crippen MR) is 63.8 cm³/mol. The molecule has 0 N–H and O–H groups in total. The van der Waals surface area contributed by atoms with E-state index in [1.807, 2.05) is 16.9 Å². The normalized spacial score (nSPS) is 15.8. The van der Waals surface area contributed by atoms with Gasteiger partial charge in [0.05, 0.1) is 5.69 Å². The van der Waals surface area contributed by atoms with Crippen molar-refractivity contribution in [2.45, 2.75) is 31.7 Å². The first kappa shape index (κ1) is 10.2. The fourth-order valence-corrected chi connectivity index (χ4v) is 2.24. The molecule has 0 spiro atoms. The number of aromatic nitrogens is 3. The molecule has 1 fully saturated rings. The molecule has 0 atom stereocenters. The lowest BCUT2D eigenvalue weighted by Gasteiger charge is -2.22. The number of fused-ring (bicyclic) bond motifs is 1. The van der Waals surface area contributed by atoms with Crippen LogP contribution in [-0.2, 0) is 6.54 Å². The van der Waals surface area contributed by atoms with Crippen molar-refractivity contribution in [1.82, 2.24) is 14.2 Å². The van der Waals surface area contributed by atoms with Crippen LogP contribution in [0.1, 0.15) is 30.9 Å². The Morgan fingerprint density at radius 1 is 1.47 bits per heavy atom. The molecule has 0 bridgehead atoms. The number of rotatable bonds is 4. The third-order valence-electron chi connectivity index (χ3n) is 3.44. The highest BCUT2D eigenvalue weighted by molar-refractivity contribution is 5.42. The van der Waals surface area contributed by atoms with Crippen molar-refractivity contribution in [3.63, 3.8) is 0 Å². The van der Waals surface area contributed by atoms with Crippen LogP contribution in [-0.4, -0.2) is 20.7 Å². The summed E-state index contributed by atoms with van der Waals surface area (Å²) in [6.07, 6.45) is 7.77. The number of hydrogen-bond donors (Lipinski definition) is 0. The van der Waals surface area contributed by atoms with Gasteiger partial charge in [-0.3, -0.25) is 0 Å². The van der Waals surface area contributed by atoms with Gasteiger partial charge in [0.15, 0.2) is 0 Å². The highest BCUT2D eigenvalue weighted by Crippen LogP contribution is 2.35. The topological polar surface area (TPSA) is 71.0 Å². The number of hydrogen-bond acceptors (Lipinski definition) is 2. The van der Waals surface area contributed by atoms with Gasteiger partial charge < -0.3 is 4.57 Å². The molecule has 2 heterocycles. The van der Waals surface area contributed by atoms with E-state index in [-0.39, 0.29) is 0 Å². The van der Waals surface area contributed by atoms with Gasteiger partial charge in [0.2, 0.25) is 0 Å². The average Bonchev–Trinajstić information content (AvgIpc) is 2.78. The van der Waals surface area contributed by atoms with Crippen molar-refractivity contribution in [2.24, 2.45) is 5.11 Å². The first-order chi connectivity index (χ1) is 8.38. The van der Waals surface area contributed by atoms with Gasteiger partial charge in [0, 0.05) is 42.4 Å². The minimum Gasteiger partial charge on any atom is -0.331 e. The Labute approximate surface area is 98.5 Å². The van der Waals surface area contributed by atoms with Gasteiger partial charge in [0.25, 0.3) is 0 Å². The van der Waals surface area contributed by atoms with E-state index in [1.54, 1.807) is 0 Å². The van der Waals surface area contributed by atoms with E-state index >= 15 is 0 Å². The van der Waals surface area contributed by atoms with Crippen molar-refractivity contribution in [3.8, 4) is 0 Å². The quantitative estimate of drug-likeness (QED) is 0.452. The zero-order valence-electron chi connectivity index (χ0n) is 9.53. The molecule has 1 aliphatic carbocycles. The summed E-state index contributed by atoms with van der Waals surface area (Å²) in [4.78, 5) is 2.76. The standard InChI is InChI=1S/C11H14N6/c12-15-13-4-5-16-6-7-17-11(16)8-10(14-17)9-2-1-3-9/h6-9H,1-5H2. The Kier molecular flexibility index (Phi) is 2.49. The first-order valence-electron chi connectivity index (χ1n) is 5.94. The minimum atomic E-state index is 0.477. The smallest absolute Gasteiger partial charge is 0.136 e. The Morgan fingerprint density at radius 3 is 3.06 bits per heavy atom. The Bertz CT molecular complexity index is 570. The Hall–Kier alpha value is -1.94. The van der Waals surface area contributed by atoms with Gasteiger partial charge in [-0.25, -0.2) is 4.52 Å². The van der Waals surface area contributed by atoms with Gasteiger partial charge in [-0.15, -0.1) is 0 Å². The molecule has 6 heteroatoms. The molecule has 6 nitrogen and oxygen atoms in total. The van der Waals surface area contributed by atoms with Gasteiger partial charge in [-0.1, -0.05) is 11.5 Å². The third-order valence-corrected chi connectivity index (χ3v) is 3.44. The lowest BCUT2D eigenvalue weighted by Crippen LogP contribution is -2.09. The fourth-order valence-electron chi connectivity index (χ4n) is 2.24. The molecule has 0 unspecified atom stereocenters. The molecule has 2 aromatic rings. The van der Waals surface area contributed by atoms with Crippen LogP contribution >= 0.6 is 0 Å². The van der Waals surface area contributed by atoms with E-state index in [1.165, 1.54) is 25.0 Å². The van der Waals surface area contributed by atoms with Gasteiger partial charge in [-0.2, -0.15) is 5.10 Å². The zero-order chi connectivity index (χ0) is 11.7. The lowest BCUT2D eigenvalue weighted by molar-refractivity contribution is 0.409. The van der Waals surface area contributed by atoms with Gasteiger partial charge in [0.1, 0.15) is 5.65 Å². The van der Waals surface area contributed by atoms with Crippen LogP contribution in [0.5, 0.6) is 0 Å². The summed E-state index contributed by atoms with van der Waals surface area (Å²) in [5, 5.41) is 8.13. The first-order valence-corrected chi connectivity index (χ1v) is 5.94. The average molecular weight is 230 g/mol. The van der Waals surface area contributed by atoms with Crippen molar-refractivity contribution < 1.29 is 0 Å². The molecule has 0 radical (unpaired) electrons. The van der Waals surface area contributed by atoms with E-state index in [2.05, 4.69) is 25.8 Å². The predicted octanol–water partition coefficient (Wildman–Crippen LogP) is 2.71. The van der Waals surface area contributed by atoms with Crippen molar-refractivity contribution in [2.75, 3.05) is 6.54 Å². The van der Waals surface area contributed by atoms with Crippen LogP contribution < -0.4 is 0 Å². The second-order valence-corrected chi connectivity index (χ2v) is 4.45. The monoisotopic (exact) mass is 230 g/mol. The highest BCUT2D eigenvalue weighted by atomic mass is 15.3. The molecular formula is C11H14N6. The second kappa shape index (κ2) is 4.14. The van der Waals surface area contributed by atoms with Crippen molar-refractivity contribution in [1.29, 1.82) is 0 Å². The SMILES string of the molecule is [N-]=[N+]=NCCn1ccn2nc(C3CCC3)cc12. The molecule has 0 aliphatic heterocycles. The fraction of sp³-hybridized carbons (Fsp3) is 0.545. The molecular weight excluding hydrogens is 216 g/mol. The van der Waals surface area contributed by atoms with Crippen molar-refractivity contribution >= 4 is 5.65 Å². The van der Waals surface area contributed by atoms with Crippen LogP contribution in [0.4, 0.5) is 0 Å². The summed E-state index contributed by atoms with van der Waals surface area (Å²) in [5.41, 5.74) is 10.5. The summed E-state index contributed by atoms with van der Waals surface area (Å²) in [6.45, 7) is 1.18. The molecule has 3 rings (SSSR count). The van der Waals surface area contributed by atoms with E-state index in [0.717, 1.165) is 5.65 Å². The molecule has 2 aromatic heterocycles. The largest absolute Gasteiger partial charge is 0.331 e. The molecule has 0 aromatic carbocycles. The van der Waals surface area contributed by atoms with E-state index in [0.29, 0.717) is 19.0 Å². The summed E-state index contributed by atoms with van der Waals surface area (Å²) < 4.78 is 3.98. The van der Waals surface area contributed by atoms with E-state index in [4.69, 9.17) is 5.53 Å². The van der Waals surface area contributed by atoms with Gasteiger partial charge >= 0.3 is 0 Å². The van der Waals surface area contributed by atoms with Crippen molar-refractivity contribution in [3.05, 3.63) is 34.6 Å². The second-order valence-electron chi connectivity index (χ2n) is 4.45. The number of imidazole rings is 1. The van der Waals surface area contributed by atoms with Crippen LogP contribution in [0.3, 0.4) is 0 Å². The number of nitrogens with zero attached hydrogens (tertiary/aromatic N) is 6. The maximum atomic E-state index is 8.26. The van der Waals surface area contributed by atoms with E-state index < -0.39 is 0 Å². The number of azide groups is 1. The maximum Gasteiger partial charge on any atom is 0.136 e. The van der Waals surface area contributed by atoms with Crippen LogP contribution in [0, 0.1) is 0 Å². The molecule has 0 saturated heterocycles. The zero-order valence-corrected chi connectivity index (χ0v) is 9.53. The minimum absolute atomic E-state index is 0.477. The van der Waals surface area contributed by atoms with Crippen LogP contribution in [0.2, 0.25) is 0 Å². The van der Waals surface area contributed by atoms with Gasteiger partial charge in [-0.05, 0) is 18.4 Å². The molecule has 1 saturated carbocycles. The lowest BCUT2D eigenvalue weighted by atomic mass is 9.83. The van der Waals surface area contributed by atoms with Crippen LogP contribution in [0.15, 0.2) is 23.6 Å². The summed E-state index contributed by atoms with van der Waals surface area (Å²) in [7, 11) is 0.